The van der Waals surface area contributed by atoms with E-state index in [0.717, 1.165) is 0 Å². The fraction of sp³-hybridized carbons (Fsp3) is 0.143. The molecule has 3 nitrogen and oxygen atoms in total. The van der Waals surface area contributed by atoms with E-state index < -0.39 is 0 Å². The zero-order valence-electron chi connectivity index (χ0n) is 5.62. The quantitative estimate of drug-likeness (QED) is 0.695. The van der Waals surface area contributed by atoms with Crippen LogP contribution < -0.4 is 0 Å². The van der Waals surface area contributed by atoms with Gasteiger partial charge in [0.1, 0.15) is 12.3 Å². The van der Waals surface area contributed by atoms with E-state index >= 15 is 0 Å². The number of halogens is 1. The molecule has 1 aromatic carbocycles. The zero-order chi connectivity index (χ0) is 8.27. The second kappa shape index (κ2) is 3.34. The van der Waals surface area contributed by atoms with Gasteiger partial charge in [-0.05, 0) is 12.1 Å². The van der Waals surface area contributed by atoms with Crippen molar-refractivity contribution >= 4 is 11.6 Å². The van der Waals surface area contributed by atoms with Crippen LogP contribution in [-0.4, -0.2) is 5.11 Å². The first-order chi connectivity index (χ1) is 5.25. The molecule has 0 unspecified atom stereocenters. The molecule has 0 aromatic heterocycles. The minimum atomic E-state index is -0.0918. The Hall–Kier alpha value is -1.09. The van der Waals surface area contributed by atoms with Crippen molar-refractivity contribution in [2.75, 3.05) is 0 Å². The monoisotopic (exact) mass is 171 g/mol. The summed E-state index contributed by atoms with van der Waals surface area (Å²) in [4.78, 5) is 9.86. The van der Waals surface area contributed by atoms with Gasteiger partial charge in [0.2, 0.25) is 0 Å². The first kappa shape index (κ1) is 8.01. The van der Waals surface area contributed by atoms with Gasteiger partial charge in [-0.15, -0.1) is 0 Å². The van der Waals surface area contributed by atoms with Gasteiger partial charge in [0.15, 0.2) is 0 Å². The fourth-order valence-corrected chi connectivity index (χ4v) is 0.998. The van der Waals surface area contributed by atoms with Gasteiger partial charge in [-0.25, -0.2) is 0 Å². The minimum absolute atomic E-state index is 0.0112. The van der Waals surface area contributed by atoms with E-state index in [1.54, 1.807) is 12.1 Å². The van der Waals surface area contributed by atoms with Crippen LogP contribution in [0, 0.1) is 4.91 Å². The summed E-state index contributed by atoms with van der Waals surface area (Å²) in [6.45, 7) is -0.0918. The van der Waals surface area contributed by atoms with Crippen molar-refractivity contribution in [3.8, 4) is 5.75 Å². The highest BCUT2D eigenvalue weighted by molar-refractivity contribution is 6.31. The van der Waals surface area contributed by atoms with E-state index in [-0.39, 0.29) is 12.3 Å². The van der Waals surface area contributed by atoms with Crippen LogP contribution in [0.15, 0.2) is 23.4 Å². The first-order valence-corrected chi connectivity index (χ1v) is 3.39. The third kappa shape index (κ3) is 1.68. The average molecular weight is 172 g/mol. The lowest BCUT2D eigenvalue weighted by Crippen LogP contribution is -1.82. The molecule has 1 N–H and O–H groups in total. The normalized spacial score (nSPS) is 9.55. The minimum Gasteiger partial charge on any atom is -0.508 e. The summed E-state index contributed by atoms with van der Waals surface area (Å²) < 4.78 is 0. The van der Waals surface area contributed by atoms with Crippen LogP contribution in [0.1, 0.15) is 5.56 Å². The molecule has 0 saturated carbocycles. The smallest absolute Gasteiger partial charge is 0.122 e. The molecule has 0 atom stereocenters. The standard InChI is InChI=1S/C7H6ClNO2/c8-6-2-1-3-7(10)5(6)4-9-11/h1-3,10H,4H2. The summed E-state index contributed by atoms with van der Waals surface area (Å²) in [6.07, 6.45) is 0. The highest BCUT2D eigenvalue weighted by atomic mass is 35.5. The Bertz CT molecular complexity index is 255. The molecule has 0 aliphatic rings. The predicted octanol–water partition coefficient (Wildman–Crippen LogP) is 2.31. The van der Waals surface area contributed by atoms with Crippen LogP contribution in [0.2, 0.25) is 5.02 Å². The molecular formula is C7H6ClNO2. The molecule has 0 aliphatic carbocycles. The lowest BCUT2D eigenvalue weighted by Gasteiger charge is -2.00. The first-order valence-electron chi connectivity index (χ1n) is 3.01. The molecule has 0 bridgehead atoms. The van der Waals surface area contributed by atoms with E-state index in [1.807, 2.05) is 0 Å². The van der Waals surface area contributed by atoms with E-state index in [9.17, 15) is 4.91 Å². The lowest BCUT2D eigenvalue weighted by molar-refractivity contribution is 0.468. The van der Waals surface area contributed by atoms with Gasteiger partial charge >= 0.3 is 0 Å². The van der Waals surface area contributed by atoms with Gasteiger partial charge in [-0.1, -0.05) is 22.8 Å². The van der Waals surface area contributed by atoms with Crippen molar-refractivity contribution in [3.05, 3.63) is 33.7 Å². The van der Waals surface area contributed by atoms with E-state index in [1.165, 1.54) is 6.07 Å². The Morgan fingerprint density at radius 3 is 2.82 bits per heavy atom. The van der Waals surface area contributed by atoms with Crippen molar-refractivity contribution < 1.29 is 5.11 Å². The molecule has 0 amide bonds. The van der Waals surface area contributed by atoms with Gasteiger partial charge in [0, 0.05) is 10.6 Å². The van der Waals surface area contributed by atoms with E-state index in [0.29, 0.717) is 10.6 Å². The van der Waals surface area contributed by atoms with Crippen molar-refractivity contribution in [1.29, 1.82) is 0 Å². The van der Waals surface area contributed by atoms with Crippen LogP contribution >= 0.6 is 11.6 Å². The number of phenolic OH excluding ortho intramolecular Hbond substituents is 1. The third-order valence-electron chi connectivity index (χ3n) is 1.32. The molecule has 4 heteroatoms. The average Bonchev–Trinajstić information content (AvgIpc) is 1.97. The summed E-state index contributed by atoms with van der Waals surface area (Å²) in [7, 11) is 0. The maximum atomic E-state index is 9.86. The van der Waals surface area contributed by atoms with Crippen molar-refractivity contribution in [2.24, 2.45) is 5.18 Å². The zero-order valence-corrected chi connectivity index (χ0v) is 6.38. The molecule has 0 radical (unpaired) electrons. The molecule has 1 rings (SSSR count). The van der Waals surface area contributed by atoms with Crippen molar-refractivity contribution in [2.45, 2.75) is 6.54 Å². The predicted molar refractivity (Wildman–Crippen MR) is 42.6 cm³/mol. The molecule has 0 heterocycles. The Morgan fingerprint density at radius 1 is 1.55 bits per heavy atom. The number of rotatable bonds is 2. The molecule has 0 aliphatic heterocycles. The van der Waals surface area contributed by atoms with Crippen molar-refractivity contribution in [3.63, 3.8) is 0 Å². The Morgan fingerprint density at radius 2 is 2.27 bits per heavy atom. The van der Waals surface area contributed by atoms with Gasteiger partial charge < -0.3 is 5.11 Å². The Kier molecular flexibility index (Phi) is 2.44. The largest absolute Gasteiger partial charge is 0.508 e. The molecule has 0 fully saturated rings. The van der Waals surface area contributed by atoms with Crippen LogP contribution in [0.25, 0.3) is 0 Å². The van der Waals surface area contributed by atoms with Gasteiger partial charge in [-0.3, -0.25) is 0 Å². The number of hydrogen-bond acceptors (Lipinski definition) is 3. The SMILES string of the molecule is O=NCc1c(O)cccc1Cl. The second-order valence-electron chi connectivity index (χ2n) is 2.02. The summed E-state index contributed by atoms with van der Waals surface area (Å²) >= 11 is 5.65. The van der Waals surface area contributed by atoms with E-state index in [2.05, 4.69) is 5.18 Å². The van der Waals surface area contributed by atoms with E-state index in [4.69, 9.17) is 16.7 Å². The van der Waals surface area contributed by atoms with Crippen LogP contribution in [0.3, 0.4) is 0 Å². The Balaban J connectivity index is 3.09. The maximum absolute atomic E-state index is 9.86. The number of nitrogens with zero attached hydrogens (tertiary/aromatic N) is 1. The van der Waals surface area contributed by atoms with Crippen LogP contribution in [-0.2, 0) is 6.54 Å². The lowest BCUT2D eigenvalue weighted by atomic mass is 10.2. The molecule has 58 valence electrons. The molecule has 0 saturated heterocycles. The second-order valence-corrected chi connectivity index (χ2v) is 2.43. The number of nitroso groups, excluding NO2 is 1. The third-order valence-corrected chi connectivity index (χ3v) is 1.67. The summed E-state index contributed by atoms with van der Waals surface area (Å²) in [5.74, 6) is 0.0112. The van der Waals surface area contributed by atoms with Gasteiger partial charge in [-0.2, -0.15) is 4.91 Å². The van der Waals surface area contributed by atoms with Gasteiger partial charge in [0.25, 0.3) is 0 Å². The fourth-order valence-electron chi connectivity index (χ4n) is 0.768. The molecular weight excluding hydrogens is 166 g/mol. The maximum Gasteiger partial charge on any atom is 0.122 e. The number of phenols is 1. The summed E-state index contributed by atoms with van der Waals surface area (Å²) in [5, 5.41) is 12.1. The molecule has 1 aromatic rings. The topological polar surface area (TPSA) is 49.7 Å². The molecule has 0 spiro atoms. The van der Waals surface area contributed by atoms with Crippen molar-refractivity contribution in [1.82, 2.24) is 0 Å². The number of hydrogen-bond donors (Lipinski definition) is 1. The number of aromatic hydroxyl groups is 1. The van der Waals surface area contributed by atoms with Gasteiger partial charge in [0.05, 0.1) is 0 Å². The summed E-state index contributed by atoms with van der Waals surface area (Å²) in [5.41, 5.74) is 0.379. The number of benzene rings is 1. The highest BCUT2D eigenvalue weighted by Gasteiger charge is 2.04. The Labute approximate surface area is 68.6 Å². The highest BCUT2D eigenvalue weighted by Crippen LogP contribution is 2.25. The van der Waals surface area contributed by atoms with Crippen LogP contribution in [0.4, 0.5) is 0 Å². The summed E-state index contributed by atoms with van der Waals surface area (Å²) in [6, 6.07) is 4.67. The van der Waals surface area contributed by atoms with Crippen LogP contribution in [0.5, 0.6) is 5.75 Å². The molecule has 11 heavy (non-hydrogen) atoms.